The van der Waals surface area contributed by atoms with Crippen LogP contribution in [0.15, 0.2) is 6.07 Å². The van der Waals surface area contributed by atoms with E-state index >= 15 is 0 Å². The van der Waals surface area contributed by atoms with Crippen LogP contribution in [0, 0.1) is 25.5 Å². The van der Waals surface area contributed by atoms with E-state index in [2.05, 4.69) is 0 Å². The first-order valence-electron chi connectivity index (χ1n) is 3.91. The summed E-state index contributed by atoms with van der Waals surface area (Å²) in [6, 6.07) is 0.803. The molecular formula is C10H10F2O. The van der Waals surface area contributed by atoms with Crippen molar-refractivity contribution in [3.8, 4) is 0 Å². The number of Topliss-reactive ketones (excluding diaryl/α,β-unsaturated/α-hetero) is 1. The molecule has 0 fully saturated rings. The second-order valence-electron chi connectivity index (χ2n) is 3.02. The number of hydrogen-bond donors (Lipinski definition) is 0. The Morgan fingerprint density at radius 1 is 1.15 bits per heavy atom. The molecule has 0 unspecified atom stereocenters. The van der Waals surface area contributed by atoms with Crippen molar-refractivity contribution in [1.29, 1.82) is 0 Å². The van der Waals surface area contributed by atoms with E-state index in [4.69, 9.17) is 0 Å². The summed E-state index contributed by atoms with van der Waals surface area (Å²) in [4.78, 5) is 11.1. The van der Waals surface area contributed by atoms with Crippen molar-refractivity contribution in [2.24, 2.45) is 0 Å². The fraction of sp³-hybridized carbons (Fsp3) is 0.300. The lowest BCUT2D eigenvalue weighted by Gasteiger charge is -2.07. The Morgan fingerprint density at radius 3 is 1.85 bits per heavy atom. The van der Waals surface area contributed by atoms with Gasteiger partial charge in [0.25, 0.3) is 0 Å². The van der Waals surface area contributed by atoms with Crippen molar-refractivity contribution in [3.05, 3.63) is 34.4 Å². The molecule has 0 bridgehead atoms. The minimum atomic E-state index is -0.673. The maximum atomic E-state index is 13.0. The summed E-state index contributed by atoms with van der Waals surface area (Å²) in [6.07, 6.45) is 0. The van der Waals surface area contributed by atoms with Crippen molar-refractivity contribution in [2.75, 3.05) is 0 Å². The highest BCUT2D eigenvalue weighted by atomic mass is 19.1. The fourth-order valence-electron chi connectivity index (χ4n) is 1.38. The van der Waals surface area contributed by atoms with Gasteiger partial charge in [-0.05, 0) is 31.9 Å². The molecular weight excluding hydrogens is 174 g/mol. The molecule has 0 saturated heterocycles. The third-order valence-electron chi connectivity index (χ3n) is 2.07. The molecule has 1 rings (SSSR count). The molecule has 1 nitrogen and oxygen atoms in total. The van der Waals surface area contributed by atoms with Crippen LogP contribution in [0.3, 0.4) is 0 Å². The van der Waals surface area contributed by atoms with Gasteiger partial charge in [0.2, 0.25) is 0 Å². The van der Waals surface area contributed by atoms with Gasteiger partial charge in [0.05, 0.1) is 0 Å². The highest BCUT2D eigenvalue weighted by molar-refractivity contribution is 5.97. The highest BCUT2D eigenvalue weighted by Gasteiger charge is 2.15. The van der Waals surface area contributed by atoms with Crippen molar-refractivity contribution >= 4 is 5.78 Å². The molecule has 1 aromatic rings. The van der Waals surface area contributed by atoms with Crippen molar-refractivity contribution in [2.45, 2.75) is 20.8 Å². The van der Waals surface area contributed by atoms with E-state index < -0.39 is 11.6 Å². The zero-order chi connectivity index (χ0) is 10.2. The van der Waals surface area contributed by atoms with Gasteiger partial charge in [-0.3, -0.25) is 4.79 Å². The Labute approximate surface area is 75.4 Å². The monoisotopic (exact) mass is 184 g/mol. The fourth-order valence-corrected chi connectivity index (χ4v) is 1.38. The normalized spacial score (nSPS) is 10.2. The smallest absolute Gasteiger partial charge is 0.160 e. The molecule has 1 aromatic carbocycles. The van der Waals surface area contributed by atoms with Crippen LogP contribution < -0.4 is 0 Å². The summed E-state index contributed by atoms with van der Waals surface area (Å²) < 4.78 is 26.0. The minimum absolute atomic E-state index is 0.150. The average Bonchev–Trinajstić information content (AvgIpc) is 2.01. The molecule has 3 heteroatoms. The maximum absolute atomic E-state index is 13.0. The van der Waals surface area contributed by atoms with Gasteiger partial charge in [-0.25, -0.2) is 8.78 Å². The van der Waals surface area contributed by atoms with Crippen molar-refractivity contribution < 1.29 is 13.6 Å². The average molecular weight is 184 g/mol. The van der Waals surface area contributed by atoms with Crippen LogP contribution >= 0.6 is 0 Å². The van der Waals surface area contributed by atoms with Gasteiger partial charge in [-0.15, -0.1) is 0 Å². The number of ketones is 1. The number of halogens is 2. The predicted octanol–water partition coefficient (Wildman–Crippen LogP) is 2.78. The molecule has 0 aliphatic carbocycles. The van der Waals surface area contributed by atoms with Gasteiger partial charge in [-0.2, -0.15) is 0 Å². The summed E-state index contributed by atoms with van der Waals surface area (Å²) in [5.74, 6) is -1.66. The van der Waals surface area contributed by atoms with E-state index in [1.54, 1.807) is 0 Å². The van der Waals surface area contributed by atoms with Gasteiger partial charge >= 0.3 is 0 Å². The quantitative estimate of drug-likeness (QED) is 0.613. The van der Waals surface area contributed by atoms with Crippen LogP contribution in [0.2, 0.25) is 0 Å². The van der Waals surface area contributed by atoms with Gasteiger partial charge in [0, 0.05) is 11.6 Å². The number of rotatable bonds is 1. The lowest BCUT2D eigenvalue weighted by Crippen LogP contribution is -2.04. The number of benzene rings is 1. The van der Waals surface area contributed by atoms with Crippen LogP contribution in [0.25, 0.3) is 0 Å². The summed E-state index contributed by atoms with van der Waals surface area (Å²) >= 11 is 0. The summed E-state index contributed by atoms with van der Waals surface area (Å²) in [5, 5.41) is 0. The van der Waals surface area contributed by atoms with E-state index in [1.165, 1.54) is 20.8 Å². The Morgan fingerprint density at radius 2 is 1.54 bits per heavy atom. The molecule has 0 N–H and O–H groups in total. The van der Waals surface area contributed by atoms with Crippen LogP contribution in [0.5, 0.6) is 0 Å². The summed E-state index contributed by atoms with van der Waals surface area (Å²) in [5.41, 5.74) is 0.579. The van der Waals surface area contributed by atoms with Crippen LogP contribution in [0.4, 0.5) is 8.78 Å². The lowest BCUT2D eigenvalue weighted by molar-refractivity contribution is 0.101. The van der Waals surface area contributed by atoms with E-state index in [0.717, 1.165) is 6.07 Å². The second kappa shape index (κ2) is 3.24. The van der Waals surface area contributed by atoms with Crippen LogP contribution in [-0.4, -0.2) is 5.78 Å². The SMILES string of the molecule is CC(=O)c1c(C)c(F)cc(F)c1C. The molecule has 0 atom stereocenters. The molecule has 70 valence electrons. The molecule has 13 heavy (non-hydrogen) atoms. The van der Waals surface area contributed by atoms with Gasteiger partial charge < -0.3 is 0 Å². The first-order chi connectivity index (χ1) is 5.95. The minimum Gasteiger partial charge on any atom is -0.294 e. The molecule has 0 amide bonds. The summed E-state index contributed by atoms with van der Waals surface area (Å²) in [7, 11) is 0. The van der Waals surface area contributed by atoms with Gasteiger partial charge in [0.1, 0.15) is 11.6 Å². The zero-order valence-electron chi connectivity index (χ0n) is 7.74. The number of carbonyl (C=O) groups is 1. The molecule has 0 heterocycles. The van der Waals surface area contributed by atoms with E-state index in [1.807, 2.05) is 0 Å². The Hall–Kier alpha value is -1.25. The van der Waals surface area contributed by atoms with Gasteiger partial charge in [-0.1, -0.05) is 0 Å². The molecule has 0 spiro atoms. The van der Waals surface area contributed by atoms with E-state index in [-0.39, 0.29) is 22.5 Å². The predicted molar refractivity (Wildman–Crippen MR) is 45.8 cm³/mol. The lowest BCUT2D eigenvalue weighted by atomic mass is 9.99. The first-order valence-corrected chi connectivity index (χ1v) is 3.91. The number of carbonyl (C=O) groups excluding carboxylic acids is 1. The molecule has 0 aliphatic heterocycles. The van der Waals surface area contributed by atoms with E-state index in [0.29, 0.717) is 0 Å². The largest absolute Gasteiger partial charge is 0.294 e. The van der Waals surface area contributed by atoms with Crippen molar-refractivity contribution in [3.63, 3.8) is 0 Å². The zero-order valence-corrected chi connectivity index (χ0v) is 7.74. The standard InChI is InChI=1S/C10H10F2O/c1-5-8(11)4-9(12)6(2)10(5)7(3)13/h4H,1-3H3. The third kappa shape index (κ3) is 1.59. The molecule has 0 radical (unpaired) electrons. The Balaban J connectivity index is 3.56. The number of hydrogen-bond acceptors (Lipinski definition) is 1. The van der Waals surface area contributed by atoms with Crippen molar-refractivity contribution in [1.82, 2.24) is 0 Å². The third-order valence-corrected chi connectivity index (χ3v) is 2.07. The first kappa shape index (κ1) is 9.84. The second-order valence-corrected chi connectivity index (χ2v) is 3.02. The molecule has 0 saturated carbocycles. The molecule has 0 aliphatic rings. The summed E-state index contributed by atoms with van der Waals surface area (Å²) in [6.45, 7) is 4.24. The Kier molecular flexibility index (Phi) is 2.45. The van der Waals surface area contributed by atoms with E-state index in [9.17, 15) is 13.6 Å². The van der Waals surface area contributed by atoms with Crippen LogP contribution in [-0.2, 0) is 0 Å². The highest BCUT2D eigenvalue weighted by Crippen LogP contribution is 2.20. The molecule has 0 aromatic heterocycles. The topological polar surface area (TPSA) is 17.1 Å². The van der Waals surface area contributed by atoms with Gasteiger partial charge in [0.15, 0.2) is 5.78 Å². The van der Waals surface area contributed by atoms with Crippen LogP contribution in [0.1, 0.15) is 28.4 Å². The Bertz CT molecular complexity index is 343. The maximum Gasteiger partial charge on any atom is 0.160 e.